The summed E-state index contributed by atoms with van der Waals surface area (Å²) in [6.45, 7) is 10.2. The van der Waals surface area contributed by atoms with Crippen molar-refractivity contribution in [3.05, 3.63) is 49.1 Å². The molecule has 1 fully saturated rings. The zero-order valence-corrected chi connectivity index (χ0v) is 19.5. The highest BCUT2D eigenvalue weighted by atomic mass is 16.5. The number of nitrogens with one attached hydrogen (secondary N) is 1. The minimum absolute atomic E-state index is 0.000111. The lowest BCUT2D eigenvalue weighted by atomic mass is 10.1. The summed E-state index contributed by atoms with van der Waals surface area (Å²) < 4.78 is 5.27. The molecule has 0 radical (unpaired) electrons. The number of methoxy groups -OCH3 is 1. The lowest BCUT2D eigenvalue weighted by Gasteiger charge is -2.36. The molecule has 176 valence electrons. The quantitative estimate of drug-likeness (QED) is 0.619. The van der Waals surface area contributed by atoms with E-state index in [9.17, 15) is 9.59 Å². The van der Waals surface area contributed by atoms with E-state index in [2.05, 4.69) is 27.0 Å². The minimum Gasteiger partial charge on any atom is -0.497 e. The number of carbonyl (C=O) groups is 2. The lowest BCUT2D eigenvalue weighted by molar-refractivity contribution is -0.132. The average Bonchev–Trinajstić information content (AvgIpc) is 2.83. The van der Waals surface area contributed by atoms with Gasteiger partial charge in [-0.3, -0.25) is 4.79 Å². The van der Waals surface area contributed by atoms with E-state index in [1.165, 1.54) is 4.90 Å². The SMILES string of the molecule is C=CCN(CC(=O)N1CCN(c2ccc(-c3cccc(OC)c3)nn2)CC1)C(=O)NC(C)C. The molecule has 9 heteroatoms. The molecular formula is C24H32N6O3. The number of rotatable bonds is 8. The second kappa shape index (κ2) is 11.3. The Kier molecular flexibility index (Phi) is 8.23. The maximum Gasteiger partial charge on any atom is 0.318 e. The Morgan fingerprint density at radius 2 is 1.94 bits per heavy atom. The first kappa shape index (κ1) is 24.0. The van der Waals surface area contributed by atoms with Crippen LogP contribution in [-0.4, -0.2) is 84.4 Å². The van der Waals surface area contributed by atoms with Crippen LogP contribution in [-0.2, 0) is 4.79 Å². The van der Waals surface area contributed by atoms with Gasteiger partial charge in [-0.15, -0.1) is 16.8 Å². The molecule has 1 N–H and O–H groups in total. The van der Waals surface area contributed by atoms with Crippen LogP contribution in [0.2, 0.25) is 0 Å². The number of ether oxygens (including phenoxy) is 1. The molecule has 0 atom stereocenters. The fraction of sp³-hybridized carbons (Fsp3) is 0.417. The van der Waals surface area contributed by atoms with Crippen LogP contribution in [0.3, 0.4) is 0 Å². The van der Waals surface area contributed by atoms with Gasteiger partial charge in [0.05, 0.1) is 12.8 Å². The van der Waals surface area contributed by atoms with Gasteiger partial charge in [0.25, 0.3) is 0 Å². The van der Waals surface area contributed by atoms with Gasteiger partial charge in [-0.25, -0.2) is 4.79 Å². The molecule has 0 aliphatic carbocycles. The topological polar surface area (TPSA) is 90.9 Å². The summed E-state index contributed by atoms with van der Waals surface area (Å²) in [6.07, 6.45) is 1.62. The molecule has 33 heavy (non-hydrogen) atoms. The average molecular weight is 453 g/mol. The maximum atomic E-state index is 12.8. The van der Waals surface area contributed by atoms with Gasteiger partial charge in [-0.05, 0) is 38.1 Å². The van der Waals surface area contributed by atoms with Crippen molar-refractivity contribution in [2.45, 2.75) is 19.9 Å². The summed E-state index contributed by atoms with van der Waals surface area (Å²) in [6, 6.07) is 11.3. The largest absolute Gasteiger partial charge is 0.497 e. The fourth-order valence-corrected chi connectivity index (χ4v) is 3.59. The lowest BCUT2D eigenvalue weighted by Crippen LogP contribution is -2.53. The van der Waals surface area contributed by atoms with E-state index < -0.39 is 0 Å². The second-order valence-corrected chi connectivity index (χ2v) is 8.15. The van der Waals surface area contributed by atoms with Gasteiger partial charge in [0.15, 0.2) is 5.82 Å². The van der Waals surface area contributed by atoms with E-state index in [1.807, 2.05) is 50.2 Å². The van der Waals surface area contributed by atoms with Crippen LogP contribution in [0.5, 0.6) is 5.75 Å². The number of nitrogens with zero attached hydrogens (tertiary/aromatic N) is 5. The molecule has 1 aromatic heterocycles. The fourth-order valence-electron chi connectivity index (χ4n) is 3.59. The van der Waals surface area contributed by atoms with Crippen molar-refractivity contribution in [2.75, 3.05) is 51.3 Å². The Hall–Kier alpha value is -3.62. The van der Waals surface area contributed by atoms with Crippen LogP contribution in [0.4, 0.5) is 10.6 Å². The van der Waals surface area contributed by atoms with E-state index in [4.69, 9.17) is 4.74 Å². The van der Waals surface area contributed by atoms with Gasteiger partial charge in [0.2, 0.25) is 5.91 Å². The van der Waals surface area contributed by atoms with Crippen molar-refractivity contribution >= 4 is 17.8 Å². The van der Waals surface area contributed by atoms with E-state index >= 15 is 0 Å². The molecule has 2 aromatic rings. The smallest absolute Gasteiger partial charge is 0.318 e. The van der Waals surface area contributed by atoms with E-state index in [1.54, 1.807) is 18.1 Å². The molecule has 0 unspecified atom stereocenters. The minimum atomic E-state index is -0.261. The standard InChI is InChI=1S/C24H32N6O3/c1-5-11-30(24(32)25-18(2)3)17-23(31)29-14-12-28(13-15-29)22-10-9-21(26-27-22)19-7-6-8-20(16-19)33-4/h5-10,16,18H,1,11-15,17H2,2-4H3,(H,25,32). The first-order valence-corrected chi connectivity index (χ1v) is 11.1. The highest BCUT2D eigenvalue weighted by molar-refractivity contribution is 5.84. The van der Waals surface area contributed by atoms with E-state index in [0.29, 0.717) is 32.7 Å². The van der Waals surface area contributed by atoms with Crippen molar-refractivity contribution < 1.29 is 14.3 Å². The monoisotopic (exact) mass is 452 g/mol. The van der Waals surface area contributed by atoms with Crippen LogP contribution in [0, 0.1) is 0 Å². The summed E-state index contributed by atoms with van der Waals surface area (Å²) in [5, 5.41) is 11.6. The van der Waals surface area contributed by atoms with Crippen LogP contribution in [0.25, 0.3) is 11.3 Å². The number of anilines is 1. The molecule has 2 heterocycles. The third-order valence-corrected chi connectivity index (χ3v) is 5.35. The third-order valence-electron chi connectivity index (χ3n) is 5.35. The Morgan fingerprint density at radius 3 is 2.55 bits per heavy atom. The number of hydrogen-bond donors (Lipinski definition) is 1. The Labute approximate surface area is 195 Å². The van der Waals surface area contributed by atoms with Crippen molar-refractivity contribution in [2.24, 2.45) is 0 Å². The number of urea groups is 1. The van der Waals surface area contributed by atoms with Crippen LogP contribution < -0.4 is 15.0 Å². The van der Waals surface area contributed by atoms with Gasteiger partial charge in [0.1, 0.15) is 12.3 Å². The van der Waals surface area contributed by atoms with Crippen molar-refractivity contribution in [1.29, 1.82) is 0 Å². The second-order valence-electron chi connectivity index (χ2n) is 8.15. The first-order valence-electron chi connectivity index (χ1n) is 11.1. The van der Waals surface area contributed by atoms with E-state index in [-0.39, 0.29) is 24.5 Å². The molecular weight excluding hydrogens is 420 g/mol. The van der Waals surface area contributed by atoms with Gasteiger partial charge < -0.3 is 24.8 Å². The first-order chi connectivity index (χ1) is 15.9. The molecule has 0 saturated carbocycles. The van der Waals surface area contributed by atoms with Gasteiger partial charge in [-0.2, -0.15) is 0 Å². The highest BCUT2D eigenvalue weighted by Gasteiger charge is 2.25. The Bertz CT molecular complexity index is 955. The number of piperazine rings is 1. The number of benzene rings is 1. The third kappa shape index (κ3) is 6.44. The molecule has 1 aliphatic rings. The molecule has 1 saturated heterocycles. The summed E-state index contributed by atoms with van der Waals surface area (Å²) in [5.41, 5.74) is 1.71. The Balaban J connectivity index is 1.56. The van der Waals surface area contributed by atoms with Gasteiger partial charge >= 0.3 is 6.03 Å². The number of hydrogen-bond acceptors (Lipinski definition) is 6. The molecule has 0 bridgehead atoms. The van der Waals surface area contributed by atoms with Crippen molar-refractivity contribution in [1.82, 2.24) is 25.3 Å². The summed E-state index contributed by atoms with van der Waals surface area (Å²) >= 11 is 0. The Morgan fingerprint density at radius 1 is 1.18 bits per heavy atom. The summed E-state index contributed by atoms with van der Waals surface area (Å²) in [7, 11) is 1.63. The van der Waals surface area contributed by atoms with Crippen molar-refractivity contribution in [3.63, 3.8) is 0 Å². The highest BCUT2D eigenvalue weighted by Crippen LogP contribution is 2.23. The molecule has 9 nitrogen and oxygen atoms in total. The van der Waals surface area contributed by atoms with Crippen LogP contribution in [0.1, 0.15) is 13.8 Å². The summed E-state index contributed by atoms with van der Waals surface area (Å²) in [4.78, 5) is 30.5. The maximum absolute atomic E-state index is 12.8. The van der Waals surface area contributed by atoms with Crippen LogP contribution >= 0.6 is 0 Å². The molecule has 1 aliphatic heterocycles. The van der Waals surface area contributed by atoms with Crippen molar-refractivity contribution in [3.8, 4) is 17.0 Å². The molecule has 3 rings (SSSR count). The van der Waals surface area contributed by atoms with Gasteiger partial charge in [0, 0.05) is 44.3 Å². The number of aromatic nitrogens is 2. The molecule has 1 aromatic carbocycles. The van der Waals surface area contributed by atoms with Gasteiger partial charge in [-0.1, -0.05) is 18.2 Å². The summed E-state index contributed by atoms with van der Waals surface area (Å²) in [5.74, 6) is 1.47. The molecule has 0 spiro atoms. The number of amides is 3. The zero-order valence-electron chi connectivity index (χ0n) is 19.5. The van der Waals surface area contributed by atoms with Crippen LogP contribution in [0.15, 0.2) is 49.1 Å². The predicted molar refractivity (Wildman–Crippen MR) is 128 cm³/mol. The normalized spacial score (nSPS) is 13.6. The zero-order chi connectivity index (χ0) is 23.8. The number of carbonyl (C=O) groups excluding carboxylic acids is 2. The molecule has 3 amide bonds. The predicted octanol–water partition coefficient (Wildman–Crippen LogP) is 2.41. The van der Waals surface area contributed by atoms with E-state index in [0.717, 1.165) is 22.8 Å².